The van der Waals surface area contributed by atoms with E-state index in [0.717, 1.165) is 12.0 Å². The van der Waals surface area contributed by atoms with Gasteiger partial charge in [0.1, 0.15) is 5.75 Å². The molecule has 7 heteroatoms. The Morgan fingerprint density at radius 1 is 1.33 bits per heavy atom. The number of ether oxygens (including phenoxy) is 1. The van der Waals surface area contributed by atoms with Gasteiger partial charge in [-0.25, -0.2) is 4.79 Å². The number of aliphatic carboxylic acids is 1. The average Bonchev–Trinajstić information content (AvgIpc) is 3.02. The van der Waals surface area contributed by atoms with Crippen molar-refractivity contribution in [1.82, 2.24) is 9.78 Å². The highest BCUT2D eigenvalue weighted by Gasteiger charge is 2.30. The Hall–Kier alpha value is -2.83. The smallest absolute Gasteiger partial charge is 0.331 e. The number of carbonyl (C=O) groups excluding carboxylic acids is 1. The van der Waals surface area contributed by atoms with E-state index in [1.165, 1.54) is 30.9 Å². The highest BCUT2D eigenvalue weighted by molar-refractivity contribution is 5.91. The van der Waals surface area contributed by atoms with Crippen LogP contribution in [0.5, 0.6) is 5.75 Å². The molecule has 0 saturated heterocycles. The van der Waals surface area contributed by atoms with Gasteiger partial charge in [-0.05, 0) is 31.9 Å². The van der Waals surface area contributed by atoms with Crippen LogP contribution >= 0.6 is 0 Å². The Labute approximate surface area is 140 Å². The molecule has 0 bridgehead atoms. The van der Waals surface area contributed by atoms with E-state index >= 15 is 0 Å². The molecule has 1 aromatic carbocycles. The molecule has 0 atom stereocenters. The lowest BCUT2D eigenvalue weighted by Crippen LogP contribution is -2.35. The number of carboxylic acid groups (broad SMARTS) is 1. The third-order valence-corrected chi connectivity index (χ3v) is 3.67. The first kappa shape index (κ1) is 17.5. The van der Waals surface area contributed by atoms with Crippen molar-refractivity contribution in [1.29, 1.82) is 0 Å². The van der Waals surface area contributed by atoms with E-state index in [-0.39, 0.29) is 12.5 Å². The maximum Gasteiger partial charge on any atom is 0.331 e. The van der Waals surface area contributed by atoms with Crippen molar-refractivity contribution in [2.24, 2.45) is 0 Å². The molecular formula is C17H21N3O4. The fourth-order valence-electron chi connectivity index (χ4n) is 2.07. The van der Waals surface area contributed by atoms with Crippen LogP contribution in [-0.4, -0.2) is 33.4 Å². The van der Waals surface area contributed by atoms with Crippen molar-refractivity contribution in [3.63, 3.8) is 0 Å². The number of rotatable bonds is 7. The minimum atomic E-state index is -1.19. The largest absolute Gasteiger partial charge is 0.483 e. The van der Waals surface area contributed by atoms with E-state index in [4.69, 9.17) is 4.74 Å². The maximum atomic E-state index is 12.0. The topological polar surface area (TPSA) is 93.5 Å². The summed E-state index contributed by atoms with van der Waals surface area (Å²) < 4.78 is 6.83. The first-order chi connectivity index (χ1) is 11.3. The Balaban J connectivity index is 1.96. The molecule has 1 aromatic heterocycles. The van der Waals surface area contributed by atoms with Crippen molar-refractivity contribution < 1.29 is 19.4 Å². The Bertz CT molecular complexity index is 737. The van der Waals surface area contributed by atoms with E-state index < -0.39 is 11.5 Å². The SMILES string of the molecule is CCc1ccccc1OCC(=O)Nc1cnn(C(C)(C)C(=O)O)c1. The first-order valence-corrected chi connectivity index (χ1v) is 7.63. The van der Waals surface area contributed by atoms with Crippen LogP contribution in [0.3, 0.4) is 0 Å². The van der Waals surface area contributed by atoms with E-state index in [1.54, 1.807) is 0 Å². The van der Waals surface area contributed by atoms with Gasteiger partial charge in [-0.3, -0.25) is 9.48 Å². The molecule has 0 fully saturated rings. The Kier molecular flexibility index (Phi) is 5.23. The van der Waals surface area contributed by atoms with Crippen LogP contribution in [-0.2, 0) is 21.5 Å². The zero-order valence-electron chi connectivity index (χ0n) is 13.9. The highest BCUT2D eigenvalue weighted by Crippen LogP contribution is 2.19. The van der Waals surface area contributed by atoms with Crippen LogP contribution in [0.1, 0.15) is 26.3 Å². The highest BCUT2D eigenvalue weighted by atomic mass is 16.5. The molecular weight excluding hydrogens is 310 g/mol. The summed E-state index contributed by atoms with van der Waals surface area (Å²) >= 11 is 0. The number of hydrogen-bond acceptors (Lipinski definition) is 4. The minimum Gasteiger partial charge on any atom is -0.483 e. The van der Waals surface area contributed by atoms with Crippen LogP contribution in [0.2, 0.25) is 0 Å². The standard InChI is InChI=1S/C17H21N3O4/c1-4-12-7-5-6-8-14(12)24-11-15(21)19-13-9-18-20(10-13)17(2,3)16(22)23/h5-10H,4,11H2,1-3H3,(H,19,21)(H,22,23). The number of aryl methyl sites for hydroxylation is 1. The third kappa shape index (κ3) is 3.92. The summed E-state index contributed by atoms with van der Waals surface area (Å²) in [5.74, 6) is -0.672. The molecule has 0 unspecified atom stereocenters. The van der Waals surface area contributed by atoms with Gasteiger partial charge in [-0.15, -0.1) is 0 Å². The summed E-state index contributed by atoms with van der Waals surface area (Å²) in [5.41, 5.74) is 0.252. The lowest BCUT2D eigenvalue weighted by Gasteiger charge is -2.19. The second-order valence-electron chi connectivity index (χ2n) is 5.84. The number of hydrogen-bond donors (Lipinski definition) is 2. The number of carboxylic acids is 1. The van der Waals surface area contributed by atoms with Crippen LogP contribution in [0.15, 0.2) is 36.7 Å². The lowest BCUT2D eigenvalue weighted by atomic mass is 10.1. The van der Waals surface area contributed by atoms with E-state index in [1.807, 2.05) is 31.2 Å². The average molecular weight is 331 g/mol. The monoisotopic (exact) mass is 331 g/mol. The Morgan fingerprint density at radius 2 is 2.04 bits per heavy atom. The van der Waals surface area contributed by atoms with E-state index in [9.17, 15) is 14.7 Å². The second-order valence-corrected chi connectivity index (χ2v) is 5.84. The lowest BCUT2D eigenvalue weighted by molar-refractivity contribution is -0.146. The first-order valence-electron chi connectivity index (χ1n) is 7.63. The van der Waals surface area contributed by atoms with Crippen molar-refractivity contribution in [2.45, 2.75) is 32.7 Å². The quantitative estimate of drug-likeness (QED) is 0.812. The summed E-state index contributed by atoms with van der Waals surface area (Å²) in [6, 6.07) is 7.54. The maximum absolute atomic E-state index is 12.0. The predicted molar refractivity (Wildman–Crippen MR) is 89.1 cm³/mol. The van der Waals surface area contributed by atoms with Gasteiger partial charge in [0.2, 0.25) is 0 Å². The molecule has 7 nitrogen and oxygen atoms in total. The van der Waals surface area contributed by atoms with E-state index in [0.29, 0.717) is 11.4 Å². The van der Waals surface area contributed by atoms with Crippen LogP contribution in [0, 0.1) is 0 Å². The molecule has 0 spiro atoms. The summed E-state index contributed by atoms with van der Waals surface area (Å²) in [4.78, 5) is 23.2. The molecule has 2 aromatic rings. The van der Waals surface area contributed by atoms with Gasteiger partial charge in [-0.1, -0.05) is 25.1 Å². The summed E-state index contributed by atoms with van der Waals surface area (Å²) in [7, 11) is 0. The summed E-state index contributed by atoms with van der Waals surface area (Å²) in [6.07, 6.45) is 3.70. The molecule has 2 N–H and O–H groups in total. The zero-order chi connectivity index (χ0) is 17.7. The normalized spacial score (nSPS) is 11.1. The van der Waals surface area contributed by atoms with Crippen molar-refractivity contribution in [3.05, 3.63) is 42.2 Å². The molecule has 1 heterocycles. The molecule has 2 rings (SSSR count). The molecule has 24 heavy (non-hydrogen) atoms. The molecule has 1 amide bonds. The van der Waals surface area contributed by atoms with Gasteiger partial charge in [0.05, 0.1) is 11.9 Å². The van der Waals surface area contributed by atoms with Crippen molar-refractivity contribution >= 4 is 17.6 Å². The van der Waals surface area contributed by atoms with Gasteiger partial charge in [-0.2, -0.15) is 5.10 Å². The fraction of sp³-hybridized carbons (Fsp3) is 0.353. The van der Waals surface area contributed by atoms with Crippen LogP contribution in [0.25, 0.3) is 0 Å². The number of nitrogens with zero attached hydrogens (tertiary/aromatic N) is 2. The summed E-state index contributed by atoms with van der Waals surface area (Å²) in [6.45, 7) is 4.93. The van der Waals surface area contributed by atoms with Gasteiger partial charge in [0.25, 0.3) is 5.91 Å². The number of aromatic nitrogens is 2. The van der Waals surface area contributed by atoms with Gasteiger partial charge < -0.3 is 15.2 Å². The minimum absolute atomic E-state index is 0.134. The van der Waals surface area contributed by atoms with Crippen molar-refractivity contribution in [2.75, 3.05) is 11.9 Å². The van der Waals surface area contributed by atoms with Gasteiger partial charge in [0.15, 0.2) is 12.1 Å². The number of amides is 1. The number of carbonyl (C=O) groups is 2. The van der Waals surface area contributed by atoms with Crippen molar-refractivity contribution in [3.8, 4) is 5.75 Å². The van der Waals surface area contributed by atoms with Crippen LogP contribution in [0.4, 0.5) is 5.69 Å². The molecule has 0 aliphatic heterocycles. The third-order valence-electron chi connectivity index (χ3n) is 3.67. The molecule has 0 radical (unpaired) electrons. The Morgan fingerprint density at radius 3 is 2.71 bits per heavy atom. The number of nitrogens with one attached hydrogen (secondary N) is 1. The molecule has 0 saturated carbocycles. The number of anilines is 1. The fourth-order valence-corrected chi connectivity index (χ4v) is 2.07. The molecule has 128 valence electrons. The number of para-hydroxylation sites is 1. The molecule has 0 aliphatic rings. The molecule has 0 aliphatic carbocycles. The summed E-state index contributed by atoms with van der Waals surface area (Å²) in [5, 5.41) is 15.8. The van der Waals surface area contributed by atoms with Gasteiger partial charge >= 0.3 is 5.97 Å². The second kappa shape index (κ2) is 7.16. The predicted octanol–water partition coefficient (Wildman–Crippen LogP) is 2.28. The van der Waals surface area contributed by atoms with Gasteiger partial charge in [0, 0.05) is 6.20 Å². The zero-order valence-corrected chi connectivity index (χ0v) is 13.9. The van der Waals surface area contributed by atoms with E-state index in [2.05, 4.69) is 10.4 Å². The van der Waals surface area contributed by atoms with Crippen LogP contribution < -0.4 is 10.1 Å². The number of benzene rings is 1.